The molecule has 0 fully saturated rings. The van der Waals surface area contributed by atoms with Gasteiger partial charge in [0.2, 0.25) is 0 Å². The maximum Gasteiger partial charge on any atom is 0.335 e. The lowest BCUT2D eigenvalue weighted by molar-refractivity contribution is 0.0696. The first kappa shape index (κ1) is 12.4. The smallest absolute Gasteiger partial charge is 0.335 e. The number of carboxylic acid groups (broad SMARTS) is 1. The van der Waals surface area contributed by atoms with E-state index in [1.54, 1.807) is 18.2 Å². The van der Waals surface area contributed by atoms with E-state index in [1.165, 1.54) is 0 Å². The van der Waals surface area contributed by atoms with Gasteiger partial charge in [-0.1, -0.05) is 12.1 Å². The molecule has 1 aromatic heterocycles. The molecule has 0 aliphatic rings. The number of hydrogen-bond acceptors (Lipinski definition) is 3. The number of carbonyl (C=O) groups is 1. The monoisotopic (exact) mass is 245 g/mol. The molecule has 94 valence electrons. The van der Waals surface area contributed by atoms with Gasteiger partial charge in [-0.05, 0) is 36.8 Å². The van der Waals surface area contributed by atoms with Crippen molar-refractivity contribution in [2.75, 3.05) is 0 Å². The quantitative estimate of drug-likeness (QED) is 0.849. The fourth-order valence-corrected chi connectivity index (χ4v) is 1.72. The second-order valence-electron chi connectivity index (χ2n) is 4.12. The molecule has 0 aliphatic carbocycles. The molecule has 1 heterocycles. The summed E-state index contributed by atoms with van der Waals surface area (Å²) in [7, 11) is 0. The average Bonchev–Trinajstić information content (AvgIpc) is 2.75. The van der Waals surface area contributed by atoms with Crippen molar-refractivity contribution in [1.82, 2.24) is 5.32 Å². The number of furan rings is 1. The van der Waals surface area contributed by atoms with Gasteiger partial charge in [0.1, 0.15) is 11.5 Å². The van der Waals surface area contributed by atoms with Crippen molar-refractivity contribution in [2.24, 2.45) is 0 Å². The normalized spacial score (nSPS) is 10.5. The van der Waals surface area contributed by atoms with Crippen LogP contribution in [0.1, 0.15) is 27.4 Å². The number of hydrogen-bond donors (Lipinski definition) is 2. The number of aryl methyl sites for hydroxylation is 1. The summed E-state index contributed by atoms with van der Waals surface area (Å²) in [6, 6.07) is 10.7. The Morgan fingerprint density at radius 1 is 1.28 bits per heavy atom. The van der Waals surface area contributed by atoms with Crippen molar-refractivity contribution < 1.29 is 14.3 Å². The van der Waals surface area contributed by atoms with Crippen LogP contribution in [0.15, 0.2) is 40.8 Å². The molecule has 0 radical (unpaired) electrons. The average molecular weight is 245 g/mol. The van der Waals surface area contributed by atoms with Crippen LogP contribution in [-0.4, -0.2) is 11.1 Å². The van der Waals surface area contributed by atoms with E-state index < -0.39 is 5.97 Å². The molecule has 0 bridgehead atoms. The number of nitrogens with one attached hydrogen (secondary N) is 1. The standard InChI is InChI=1S/C14H15NO3/c1-10-5-6-13(18-10)9-15-8-11-3-2-4-12(7-11)14(16)17/h2-7,15H,8-9H2,1H3,(H,16,17). The van der Waals surface area contributed by atoms with Gasteiger partial charge in [-0.25, -0.2) is 4.79 Å². The summed E-state index contributed by atoms with van der Waals surface area (Å²) in [6.45, 7) is 3.14. The lowest BCUT2D eigenvalue weighted by Gasteiger charge is -2.04. The number of rotatable bonds is 5. The first-order valence-electron chi connectivity index (χ1n) is 5.73. The Labute approximate surface area is 105 Å². The summed E-state index contributed by atoms with van der Waals surface area (Å²) in [5.41, 5.74) is 1.25. The fourth-order valence-electron chi connectivity index (χ4n) is 1.72. The van der Waals surface area contributed by atoms with Crippen molar-refractivity contribution in [2.45, 2.75) is 20.0 Å². The van der Waals surface area contributed by atoms with Crippen molar-refractivity contribution in [3.63, 3.8) is 0 Å². The van der Waals surface area contributed by atoms with Crippen LogP contribution in [-0.2, 0) is 13.1 Å². The molecular formula is C14H15NO3. The van der Waals surface area contributed by atoms with Gasteiger partial charge in [-0.2, -0.15) is 0 Å². The molecule has 0 atom stereocenters. The van der Waals surface area contributed by atoms with Crippen molar-refractivity contribution in [3.05, 3.63) is 59.0 Å². The second kappa shape index (κ2) is 5.51. The van der Waals surface area contributed by atoms with E-state index in [2.05, 4.69) is 5.32 Å². The molecule has 4 heteroatoms. The highest BCUT2D eigenvalue weighted by Gasteiger charge is 2.03. The molecule has 0 amide bonds. The Morgan fingerprint density at radius 2 is 2.11 bits per heavy atom. The topological polar surface area (TPSA) is 62.5 Å². The molecule has 4 nitrogen and oxygen atoms in total. The molecule has 0 saturated heterocycles. The van der Waals surface area contributed by atoms with Gasteiger partial charge in [0.05, 0.1) is 12.1 Å². The summed E-state index contributed by atoms with van der Waals surface area (Å²) in [5.74, 6) is 0.861. The predicted octanol–water partition coefficient (Wildman–Crippen LogP) is 2.58. The highest BCUT2D eigenvalue weighted by Crippen LogP contribution is 2.08. The Kier molecular flexibility index (Phi) is 3.79. The zero-order valence-electron chi connectivity index (χ0n) is 10.1. The Balaban J connectivity index is 1.90. The maximum atomic E-state index is 10.8. The third-order valence-corrected chi connectivity index (χ3v) is 2.60. The molecule has 2 N–H and O–H groups in total. The van der Waals surface area contributed by atoms with E-state index in [4.69, 9.17) is 9.52 Å². The molecular weight excluding hydrogens is 230 g/mol. The number of carboxylic acids is 1. The summed E-state index contributed by atoms with van der Waals surface area (Å²) < 4.78 is 5.43. The minimum atomic E-state index is -0.904. The highest BCUT2D eigenvalue weighted by molar-refractivity contribution is 5.87. The van der Waals surface area contributed by atoms with E-state index in [0.717, 1.165) is 17.1 Å². The summed E-state index contributed by atoms with van der Waals surface area (Å²) >= 11 is 0. The molecule has 1 aromatic carbocycles. The van der Waals surface area contributed by atoms with Gasteiger partial charge in [0.25, 0.3) is 0 Å². The van der Waals surface area contributed by atoms with Gasteiger partial charge < -0.3 is 14.8 Å². The van der Waals surface area contributed by atoms with Crippen molar-refractivity contribution >= 4 is 5.97 Å². The van der Waals surface area contributed by atoms with Gasteiger partial charge >= 0.3 is 5.97 Å². The van der Waals surface area contributed by atoms with E-state index >= 15 is 0 Å². The van der Waals surface area contributed by atoms with Crippen LogP contribution in [0.25, 0.3) is 0 Å². The molecule has 0 spiro atoms. The van der Waals surface area contributed by atoms with Gasteiger partial charge in [0, 0.05) is 6.54 Å². The summed E-state index contributed by atoms with van der Waals surface area (Å²) in [5, 5.41) is 12.1. The molecule has 18 heavy (non-hydrogen) atoms. The molecule has 0 unspecified atom stereocenters. The Morgan fingerprint density at radius 3 is 2.78 bits per heavy atom. The van der Waals surface area contributed by atoms with E-state index in [0.29, 0.717) is 18.7 Å². The Hall–Kier alpha value is -2.07. The maximum absolute atomic E-state index is 10.8. The van der Waals surface area contributed by atoms with Gasteiger partial charge in [-0.15, -0.1) is 0 Å². The van der Waals surface area contributed by atoms with E-state index in [1.807, 2.05) is 25.1 Å². The van der Waals surface area contributed by atoms with Crippen LogP contribution in [0.4, 0.5) is 0 Å². The molecule has 0 saturated carbocycles. The van der Waals surface area contributed by atoms with Crippen LogP contribution in [0.2, 0.25) is 0 Å². The molecule has 0 aliphatic heterocycles. The van der Waals surface area contributed by atoms with Gasteiger partial charge in [0.15, 0.2) is 0 Å². The summed E-state index contributed by atoms with van der Waals surface area (Å²) in [4.78, 5) is 10.8. The minimum Gasteiger partial charge on any atom is -0.478 e. The van der Waals surface area contributed by atoms with Crippen LogP contribution >= 0.6 is 0 Å². The first-order valence-corrected chi connectivity index (χ1v) is 5.73. The molecule has 2 rings (SSSR count). The zero-order valence-corrected chi connectivity index (χ0v) is 10.1. The SMILES string of the molecule is Cc1ccc(CNCc2cccc(C(=O)O)c2)o1. The molecule has 2 aromatic rings. The number of aromatic carboxylic acids is 1. The van der Waals surface area contributed by atoms with Crippen molar-refractivity contribution in [1.29, 1.82) is 0 Å². The summed E-state index contributed by atoms with van der Waals surface area (Å²) in [6.07, 6.45) is 0. The predicted molar refractivity (Wildman–Crippen MR) is 67.4 cm³/mol. The fraction of sp³-hybridized carbons (Fsp3) is 0.214. The third kappa shape index (κ3) is 3.21. The van der Waals surface area contributed by atoms with Crippen molar-refractivity contribution in [3.8, 4) is 0 Å². The van der Waals surface area contributed by atoms with Crippen LogP contribution in [0.3, 0.4) is 0 Å². The lowest BCUT2D eigenvalue weighted by atomic mass is 10.1. The second-order valence-corrected chi connectivity index (χ2v) is 4.12. The van der Waals surface area contributed by atoms with Crippen LogP contribution < -0.4 is 5.32 Å². The minimum absolute atomic E-state index is 0.308. The van der Waals surface area contributed by atoms with Crippen LogP contribution in [0.5, 0.6) is 0 Å². The van der Waals surface area contributed by atoms with Crippen LogP contribution in [0, 0.1) is 6.92 Å². The highest BCUT2D eigenvalue weighted by atomic mass is 16.4. The zero-order chi connectivity index (χ0) is 13.0. The Bertz CT molecular complexity index is 545. The largest absolute Gasteiger partial charge is 0.478 e. The lowest BCUT2D eigenvalue weighted by Crippen LogP contribution is -2.12. The first-order chi connectivity index (χ1) is 8.65. The van der Waals surface area contributed by atoms with Gasteiger partial charge in [-0.3, -0.25) is 0 Å². The van der Waals surface area contributed by atoms with E-state index in [9.17, 15) is 4.79 Å². The number of benzene rings is 1. The third-order valence-electron chi connectivity index (χ3n) is 2.60. The van der Waals surface area contributed by atoms with E-state index in [-0.39, 0.29) is 0 Å².